The SMILES string of the molecule is Clc1ccc(N2NN[n+]3cc(Br)c4ccccc4c32)cc1.F[B-](F)(F)F. The standard InChI is InChI=1S/C15H11BrClN4.BF4/c16-14-9-20-15(13-4-2-1-3-12(13)14)21(19-18-20)11-7-5-10(17)6-8-11;2-1(3,4)5/h1-9,18-19H;/q+1;-1. The minimum Gasteiger partial charge on any atom is -0.418 e. The molecule has 0 bridgehead atoms. The first-order valence-corrected chi connectivity index (χ1v) is 8.49. The highest BCUT2D eigenvalue weighted by atomic mass is 79.9. The number of nitrogens with one attached hydrogen (secondary N) is 2. The average molecular weight is 449 g/mol. The molecule has 0 spiro atoms. The van der Waals surface area contributed by atoms with E-state index in [-0.39, 0.29) is 0 Å². The van der Waals surface area contributed by atoms with Gasteiger partial charge in [-0.25, -0.2) is 0 Å². The minimum absolute atomic E-state index is 0.722. The lowest BCUT2D eigenvalue weighted by molar-refractivity contribution is -0.630. The molecule has 3 aromatic rings. The molecule has 0 saturated heterocycles. The van der Waals surface area contributed by atoms with Gasteiger partial charge >= 0.3 is 13.1 Å². The van der Waals surface area contributed by atoms with Gasteiger partial charge in [-0.05, 0) is 51.8 Å². The van der Waals surface area contributed by atoms with Crippen LogP contribution in [0.4, 0.5) is 28.8 Å². The Morgan fingerprint density at radius 2 is 1.54 bits per heavy atom. The van der Waals surface area contributed by atoms with Gasteiger partial charge in [0.25, 0.3) is 0 Å². The molecule has 0 fully saturated rings. The summed E-state index contributed by atoms with van der Waals surface area (Å²) in [6.45, 7) is 0. The zero-order valence-corrected chi connectivity index (χ0v) is 15.3. The topological polar surface area (TPSA) is 31.2 Å². The fraction of sp³-hybridized carbons (Fsp3) is 0. The molecule has 136 valence electrons. The number of rotatable bonds is 1. The highest BCUT2D eigenvalue weighted by Gasteiger charge is 2.32. The maximum atomic E-state index is 9.75. The molecule has 2 aromatic carbocycles. The minimum atomic E-state index is -6.00. The smallest absolute Gasteiger partial charge is 0.418 e. The summed E-state index contributed by atoms with van der Waals surface area (Å²) < 4.78 is 42.0. The third kappa shape index (κ3) is 4.20. The molecule has 26 heavy (non-hydrogen) atoms. The van der Waals surface area contributed by atoms with Gasteiger partial charge in [-0.2, -0.15) is 0 Å². The molecule has 4 rings (SSSR count). The molecule has 1 aromatic heterocycles. The van der Waals surface area contributed by atoms with E-state index in [2.05, 4.69) is 39.1 Å². The summed E-state index contributed by atoms with van der Waals surface area (Å²) in [5.41, 5.74) is 7.29. The van der Waals surface area contributed by atoms with Gasteiger partial charge in [0, 0.05) is 10.4 Å². The van der Waals surface area contributed by atoms with Gasteiger partial charge in [-0.15, -0.1) is 15.2 Å². The maximum absolute atomic E-state index is 9.75. The van der Waals surface area contributed by atoms with Crippen LogP contribution in [0.15, 0.2) is 59.2 Å². The van der Waals surface area contributed by atoms with Crippen molar-refractivity contribution >= 4 is 57.1 Å². The third-order valence-corrected chi connectivity index (χ3v) is 4.36. The zero-order chi connectivity index (χ0) is 18.9. The summed E-state index contributed by atoms with van der Waals surface area (Å²) in [5, 5.41) is 5.01. The molecule has 0 radical (unpaired) electrons. The molecule has 2 heterocycles. The number of aromatic nitrogens is 1. The number of nitrogens with zero attached hydrogens (tertiary/aromatic N) is 2. The fourth-order valence-electron chi connectivity index (χ4n) is 2.51. The van der Waals surface area contributed by atoms with Gasteiger partial charge in [0.1, 0.15) is 11.9 Å². The van der Waals surface area contributed by atoms with E-state index in [9.17, 15) is 17.3 Å². The number of benzene rings is 2. The summed E-state index contributed by atoms with van der Waals surface area (Å²) in [7, 11) is -6.00. The Morgan fingerprint density at radius 1 is 0.962 bits per heavy atom. The Hall–Kier alpha value is -2.04. The molecule has 0 saturated carbocycles. The Bertz CT molecular complexity index is 933. The van der Waals surface area contributed by atoms with E-state index >= 15 is 0 Å². The molecule has 0 atom stereocenters. The number of halogens is 6. The first-order valence-electron chi connectivity index (χ1n) is 7.31. The molecule has 4 nitrogen and oxygen atoms in total. The Morgan fingerprint density at radius 3 is 2.15 bits per heavy atom. The van der Waals surface area contributed by atoms with Crippen LogP contribution in [0.1, 0.15) is 0 Å². The molecular weight excluding hydrogens is 438 g/mol. The predicted octanol–water partition coefficient (Wildman–Crippen LogP) is 4.96. The van der Waals surface area contributed by atoms with Crippen molar-refractivity contribution in [3.05, 3.63) is 64.2 Å². The molecule has 1 aliphatic rings. The number of hydrogen-bond acceptors (Lipinski definition) is 3. The van der Waals surface area contributed by atoms with Crippen LogP contribution in [0.5, 0.6) is 0 Å². The van der Waals surface area contributed by atoms with Crippen LogP contribution in [0.25, 0.3) is 10.8 Å². The third-order valence-electron chi connectivity index (χ3n) is 3.47. The normalized spacial score (nSPS) is 13.1. The second-order valence-electron chi connectivity index (χ2n) is 5.25. The lowest BCUT2D eigenvalue weighted by Crippen LogP contribution is -2.45. The van der Waals surface area contributed by atoms with Gasteiger partial charge in [0.05, 0.1) is 9.86 Å². The molecular formula is C15H11BBrClF4N4. The first kappa shape index (κ1) is 18.7. The molecule has 0 aliphatic carbocycles. The maximum Gasteiger partial charge on any atom is 0.673 e. The molecule has 2 N–H and O–H groups in total. The summed E-state index contributed by atoms with van der Waals surface area (Å²) in [4.78, 5) is 0. The van der Waals surface area contributed by atoms with Crippen molar-refractivity contribution in [2.45, 2.75) is 0 Å². The van der Waals surface area contributed by atoms with E-state index < -0.39 is 7.25 Å². The van der Waals surface area contributed by atoms with Gasteiger partial charge in [0.15, 0.2) is 0 Å². The predicted molar refractivity (Wildman–Crippen MR) is 98.1 cm³/mol. The van der Waals surface area contributed by atoms with Crippen molar-refractivity contribution in [2.24, 2.45) is 0 Å². The van der Waals surface area contributed by atoms with E-state index in [1.165, 1.54) is 0 Å². The van der Waals surface area contributed by atoms with E-state index in [1.54, 1.807) is 0 Å². The van der Waals surface area contributed by atoms with E-state index in [0.717, 1.165) is 31.8 Å². The van der Waals surface area contributed by atoms with Crippen molar-refractivity contribution < 1.29 is 21.9 Å². The highest BCUT2D eigenvalue weighted by Crippen LogP contribution is 2.33. The van der Waals surface area contributed by atoms with Crippen LogP contribution in [0, 0.1) is 0 Å². The summed E-state index contributed by atoms with van der Waals surface area (Å²) in [5.74, 6) is 1.02. The fourth-order valence-corrected chi connectivity index (χ4v) is 3.18. The number of pyridine rings is 1. The molecule has 11 heteroatoms. The van der Waals surface area contributed by atoms with E-state index in [4.69, 9.17) is 11.6 Å². The van der Waals surface area contributed by atoms with Gasteiger partial charge in [-0.1, -0.05) is 29.8 Å². The van der Waals surface area contributed by atoms with Crippen molar-refractivity contribution in [1.29, 1.82) is 0 Å². The van der Waals surface area contributed by atoms with E-state index in [1.807, 2.05) is 52.3 Å². The average Bonchev–Trinajstić information content (AvgIpc) is 2.98. The highest BCUT2D eigenvalue weighted by molar-refractivity contribution is 9.10. The van der Waals surface area contributed by atoms with Crippen LogP contribution in [-0.4, -0.2) is 7.25 Å². The second-order valence-corrected chi connectivity index (χ2v) is 6.54. The van der Waals surface area contributed by atoms with Crippen LogP contribution in [0.3, 0.4) is 0 Å². The van der Waals surface area contributed by atoms with E-state index in [0.29, 0.717) is 0 Å². The summed E-state index contributed by atoms with van der Waals surface area (Å²) in [6.07, 6.45) is 2.00. The summed E-state index contributed by atoms with van der Waals surface area (Å²) in [6, 6.07) is 16.0. The Labute approximate surface area is 159 Å². The van der Waals surface area contributed by atoms with Crippen molar-refractivity contribution in [2.75, 3.05) is 10.5 Å². The Kier molecular flexibility index (Phi) is 5.26. The lowest BCUT2D eigenvalue weighted by Gasteiger charge is -2.09. The number of hydrogen-bond donors (Lipinski definition) is 2. The van der Waals surface area contributed by atoms with Crippen molar-refractivity contribution in [3.8, 4) is 0 Å². The molecule has 1 aliphatic heterocycles. The van der Waals surface area contributed by atoms with Gasteiger partial charge in [-0.3, -0.25) is 0 Å². The lowest BCUT2D eigenvalue weighted by atomic mass is 10.1. The number of fused-ring (bicyclic) bond motifs is 3. The van der Waals surface area contributed by atoms with Crippen LogP contribution in [0.2, 0.25) is 5.02 Å². The monoisotopic (exact) mass is 448 g/mol. The van der Waals surface area contributed by atoms with Gasteiger partial charge in [0.2, 0.25) is 0 Å². The van der Waals surface area contributed by atoms with Crippen LogP contribution in [-0.2, 0) is 0 Å². The largest absolute Gasteiger partial charge is 0.673 e. The summed E-state index contributed by atoms with van der Waals surface area (Å²) >= 11 is 9.58. The van der Waals surface area contributed by atoms with Crippen LogP contribution >= 0.6 is 27.5 Å². The number of anilines is 2. The van der Waals surface area contributed by atoms with Crippen molar-refractivity contribution in [1.82, 2.24) is 5.53 Å². The first-order chi connectivity index (χ1) is 12.2. The van der Waals surface area contributed by atoms with Crippen molar-refractivity contribution in [3.63, 3.8) is 0 Å². The van der Waals surface area contributed by atoms with Gasteiger partial charge < -0.3 is 17.3 Å². The second kappa shape index (κ2) is 7.30. The quantitative estimate of drug-likeness (QED) is 0.313. The molecule has 0 amide bonds. The number of hydrazine groups is 2. The van der Waals surface area contributed by atoms with Crippen LogP contribution < -0.4 is 20.8 Å². The zero-order valence-electron chi connectivity index (χ0n) is 12.9. The Balaban J connectivity index is 0.000000349. The molecule has 0 unspecified atom stereocenters.